The second-order valence-electron chi connectivity index (χ2n) is 5.25. The van der Waals surface area contributed by atoms with Gasteiger partial charge in [0.1, 0.15) is 0 Å². The van der Waals surface area contributed by atoms with Gasteiger partial charge in [-0.3, -0.25) is 4.68 Å². The second-order valence-corrected chi connectivity index (χ2v) is 6.06. The van der Waals surface area contributed by atoms with Gasteiger partial charge in [-0.1, -0.05) is 36.2 Å². The molecule has 0 aliphatic heterocycles. The van der Waals surface area contributed by atoms with Crippen LogP contribution in [0.3, 0.4) is 0 Å². The first kappa shape index (κ1) is 16.3. The van der Waals surface area contributed by atoms with E-state index >= 15 is 0 Å². The molecule has 1 atom stereocenters. The molecule has 0 saturated carbocycles. The van der Waals surface area contributed by atoms with Crippen LogP contribution in [0.2, 0.25) is 10.0 Å². The topological polar surface area (TPSA) is 29.9 Å². The third-order valence-electron chi connectivity index (χ3n) is 3.51. The third-order valence-corrected chi connectivity index (χ3v) is 4.21. The lowest BCUT2D eigenvalue weighted by Gasteiger charge is -2.20. The van der Waals surface area contributed by atoms with Gasteiger partial charge in [0.05, 0.1) is 17.4 Å². The predicted octanol–water partition coefficient (Wildman–Crippen LogP) is 4.32. The molecule has 21 heavy (non-hydrogen) atoms. The van der Waals surface area contributed by atoms with Crippen LogP contribution in [-0.4, -0.2) is 16.3 Å². The van der Waals surface area contributed by atoms with Crippen molar-refractivity contribution in [3.8, 4) is 0 Å². The number of rotatable bonds is 6. The molecular formula is C16H21Cl2N3. The average molecular weight is 326 g/mol. The van der Waals surface area contributed by atoms with E-state index in [1.165, 1.54) is 0 Å². The number of hydrogen-bond acceptors (Lipinski definition) is 2. The van der Waals surface area contributed by atoms with Crippen LogP contribution in [0.25, 0.3) is 0 Å². The van der Waals surface area contributed by atoms with Gasteiger partial charge in [-0.05, 0) is 50.1 Å². The molecule has 0 aliphatic carbocycles. The van der Waals surface area contributed by atoms with E-state index in [4.69, 9.17) is 23.2 Å². The van der Waals surface area contributed by atoms with Crippen LogP contribution in [0.15, 0.2) is 24.3 Å². The highest BCUT2D eigenvalue weighted by atomic mass is 35.5. The molecule has 0 saturated heterocycles. The fraction of sp³-hybridized carbons (Fsp3) is 0.438. The minimum atomic E-state index is 0.147. The van der Waals surface area contributed by atoms with Gasteiger partial charge in [0, 0.05) is 17.1 Å². The van der Waals surface area contributed by atoms with Crippen molar-refractivity contribution in [2.75, 3.05) is 6.54 Å². The summed E-state index contributed by atoms with van der Waals surface area (Å²) < 4.78 is 1.92. The number of aromatic nitrogens is 2. The van der Waals surface area contributed by atoms with Gasteiger partial charge in [-0.2, -0.15) is 5.10 Å². The van der Waals surface area contributed by atoms with Gasteiger partial charge in [-0.15, -0.1) is 0 Å². The molecule has 0 spiro atoms. The number of aryl methyl sites for hydroxylation is 2. The highest BCUT2D eigenvalue weighted by molar-refractivity contribution is 6.36. The largest absolute Gasteiger partial charge is 0.308 e. The molecule has 5 heteroatoms. The Morgan fingerprint density at radius 1 is 1.29 bits per heavy atom. The van der Waals surface area contributed by atoms with Crippen molar-refractivity contribution in [2.24, 2.45) is 7.05 Å². The van der Waals surface area contributed by atoms with Crippen molar-refractivity contribution in [3.63, 3.8) is 0 Å². The fourth-order valence-corrected chi connectivity index (χ4v) is 3.04. The summed E-state index contributed by atoms with van der Waals surface area (Å²) in [6, 6.07) is 7.89. The van der Waals surface area contributed by atoms with E-state index in [1.807, 2.05) is 36.9 Å². The van der Waals surface area contributed by atoms with Gasteiger partial charge in [0.25, 0.3) is 0 Å². The maximum absolute atomic E-state index is 6.31. The van der Waals surface area contributed by atoms with E-state index in [2.05, 4.69) is 23.4 Å². The zero-order valence-electron chi connectivity index (χ0n) is 12.7. The molecule has 1 heterocycles. The Hall–Kier alpha value is -1.03. The van der Waals surface area contributed by atoms with Crippen LogP contribution in [0, 0.1) is 6.92 Å². The first-order chi connectivity index (χ1) is 10.0. The highest BCUT2D eigenvalue weighted by Crippen LogP contribution is 2.29. The molecule has 2 rings (SSSR count). The maximum Gasteiger partial charge on any atom is 0.0597 e. The van der Waals surface area contributed by atoms with E-state index in [-0.39, 0.29) is 6.04 Å². The zero-order chi connectivity index (χ0) is 15.4. The van der Waals surface area contributed by atoms with Gasteiger partial charge in [0.15, 0.2) is 0 Å². The first-order valence-electron chi connectivity index (χ1n) is 7.19. The summed E-state index contributed by atoms with van der Waals surface area (Å²) in [5.74, 6) is 0. The smallest absolute Gasteiger partial charge is 0.0597 e. The molecular weight excluding hydrogens is 305 g/mol. The first-order valence-corrected chi connectivity index (χ1v) is 7.95. The standard InChI is InChI=1S/C16H21Cl2N3/c1-4-8-19-15(16-9-11(2)20-21(16)3)10-12-13(17)6-5-7-14(12)18/h5-7,9,15,19H,4,8,10H2,1-3H3. The lowest BCUT2D eigenvalue weighted by atomic mass is 10.0. The van der Waals surface area contributed by atoms with Gasteiger partial charge >= 0.3 is 0 Å². The molecule has 0 radical (unpaired) electrons. The predicted molar refractivity (Wildman–Crippen MR) is 89.1 cm³/mol. The van der Waals surface area contributed by atoms with E-state index in [0.29, 0.717) is 10.0 Å². The monoisotopic (exact) mass is 325 g/mol. The summed E-state index contributed by atoms with van der Waals surface area (Å²) in [5.41, 5.74) is 3.14. The van der Waals surface area contributed by atoms with Crippen molar-refractivity contribution in [2.45, 2.75) is 32.7 Å². The normalized spacial score (nSPS) is 12.6. The number of benzene rings is 1. The summed E-state index contributed by atoms with van der Waals surface area (Å²) >= 11 is 12.6. The van der Waals surface area contributed by atoms with Crippen molar-refractivity contribution in [3.05, 3.63) is 51.3 Å². The van der Waals surface area contributed by atoms with Crippen molar-refractivity contribution in [1.82, 2.24) is 15.1 Å². The Balaban J connectivity index is 2.30. The SMILES string of the molecule is CCCNC(Cc1c(Cl)cccc1Cl)c1cc(C)nn1C. The van der Waals surface area contributed by atoms with Crippen LogP contribution < -0.4 is 5.32 Å². The Labute approximate surface area is 136 Å². The van der Waals surface area contributed by atoms with E-state index < -0.39 is 0 Å². The van der Waals surface area contributed by atoms with Gasteiger partial charge in [-0.25, -0.2) is 0 Å². The Morgan fingerprint density at radius 3 is 2.48 bits per heavy atom. The number of hydrogen-bond donors (Lipinski definition) is 1. The molecule has 0 fully saturated rings. The van der Waals surface area contributed by atoms with Crippen molar-refractivity contribution < 1.29 is 0 Å². The molecule has 3 nitrogen and oxygen atoms in total. The van der Waals surface area contributed by atoms with Crippen LogP contribution in [0.5, 0.6) is 0 Å². The lowest BCUT2D eigenvalue weighted by Crippen LogP contribution is -2.26. The Morgan fingerprint density at radius 2 is 1.95 bits per heavy atom. The minimum Gasteiger partial charge on any atom is -0.308 e. The van der Waals surface area contributed by atoms with Crippen LogP contribution in [0.1, 0.15) is 36.3 Å². The molecule has 1 unspecified atom stereocenters. The molecule has 0 amide bonds. The number of nitrogens with one attached hydrogen (secondary N) is 1. The third kappa shape index (κ3) is 4.00. The van der Waals surface area contributed by atoms with E-state index in [9.17, 15) is 0 Å². The minimum absolute atomic E-state index is 0.147. The summed E-state index contributed by atoms with van der Waals surface area (Å²) in [6.07, 6.45) is 1.82. The molecule has 0 bridgehead atoms. The summed E-state index contributed by atoms with van der Waals surface area (Å²) in [7, 11) is 1.97. The van der Waals surface area contributed by atoms with Crippen LogP contribution >= 0.6 is 23.2 Å². The molecule has 1 N–H and O–H groups in total. The summed E-state index contributed by atoms with van der Waals surface area (Å²) in [5, 5.41) is 9.43. The Kier molecular flexibility index (Phi) is 5.68. The molecule has 114 valence electrons. The van der Waals surface area contributed by atoms with Crippen LogP contribution in [-0.2, 0) is 13.5 Å². The molecule has 0 aliphatic rings. The number of halogens is 2. The lowest BCUT2D eigenvalue weighted by molar-refractivity contribution is 0.493. The second kappa shape index (κ2) is 7.30. The van der Waals surface area contributed by atoms with E-state index in [1.54, 1.807) is 0 Å². The highest BCUT2D eigenvalue weighted by Gasteiger charge is 2.19. The molecule has 1 aromatic heterocycles. The fourth-order valence-electron chi connectivity index (χ4n) is 2.49. The number of nitrogens with zero attached hydrogens (tertiary/aromatic N) is 2. The van der Waals surface area contributed by atoms with Crippen molar-refractivity contribution in [1.29, 1.82) is 0 Å². The van der Waals surface area contributed by atoms with Crippen LogP contribution in [0.4, 0.5) is 0 Å². The molecule has 1 aromatic carbocycles. The zero-order valence-corrected chi connectivity index (χ0v) is 14.2. The van der Waals surface area contributed by atoms with E-state index in [0.717, 1.165) is 36.3 Å². The maximum atomic E-state index is 6.31. The van der Waals surface area contributed by atoms with Crippen molar-refractivity contribution >= 4 is 23.2 Å². The summed E-state index contributed by atoms with van der Waals surface area (Å²) in [6.45, 7) is 5.10. The average Bonchev–Trinajstić information content (AvgIpc) is 2.76. The Bertz CT molecular complexity index is 587. The van der Waals surface area contributed by atoms with Gasteiger partial charge < -0.3 is 5.32 Å². The quantitative estimate of drug-likeness (QED) is 0.857. The molecule has 2 aromatic rings. The summed E-state index contributed by atoms with van der Waals surface area (Å²) in [4.78, 5) is 0. The van der Waals surface area contributed by atoms with Gasteiger partial charge in [0.2, 0.25) is 0 Å².